The molecule has 0 unspecified atom stereocenters. The zero-order valence-corrected chi connectivity index (χ0v) is 12.4. The zero-order valence-electron chi connectivity index (χ0n) is 12.4. The molecule has 0 aliphatic rings. The number of benzene rings is 2. The van der Waals surface area contributed by atoms with Crippen molar-refractivity contribution in [2.45, 2.75) is 6.92 Å². The van der Waals surface area contributed by atoms with E-state index in [9.17, 15) is 0 Å². The minimum atomic E-state index is 0.969. The fraction of sp³-hybridized carbons (Fsp3) is 0.0500. The van der Waals surface area contributed by atoms with Crippen molar-refractivity contribution in [3.8, 4) is 22.4 Å². The van der Waals surface area contributed by atoms with Gasteiger partial charge in [-0.05, 0) is 30.2 Å². The van der Waals surface area contributed by atoms with Crippen molar-refractivity contribution in [3.05, 3.63) is 84.7 Å². The van der Waals surface area contributed by atoms with E-state index in [1.165, 1.54) is 16.7 Å². The van der Waals surface area contributed by atoms with E-state index in [1.54, 1.807) is 0 Å². The van der Waals surface area contributed by atoms with Crippen LogP contribution in [0.1, 0.15) is 5.56 Å². The Morgan fingerprint density at radius 2 is 1.55 bits per heavy atom. The molecule has 0 atom stereocenters. The minimum Gasteiger partial charge on any atom is -0.306 e. The molecule has 4 aromatic rings. The lowest BCUT2D eigenvalue weighted by atomic mass is 10.1. The minimum absolute atomic E-state index is 0.969. The fourth-order valence-electron chi connectivity index (χ4n) is 2.66. The number of pyridine rings is 1. The van der Waals surface area contributed by atoms with Gasteiger partial charge in [-0.1, -0.05) is 60.2 Å². The maximum Gasteiger partial charge on any atom is 0.138 e. The monoisotopic (exact) mass is 284 g/mol. The van der Waals surface area contributed by atoms with Crippen LogP contribution in [0.4, 0.5) is 0 Å². The van der Waals surface area contributed by atoms with Crippen LogP contribution in [0, 0.1) is 6.92 Å². The van der Waals surface area contributed by atoms with Crippen molar-refractivity contribution in [3.63, 3.8) is 0 Å². The second kappa shape index (κ2) is 5.15. The highest BCUT2D eigenvalue weighted by Crippen LogP contribution is 2.24. The molecule has 0 saturated carbocycles. The Labute approximate surface area is 129 Å². The SMILES string of the molecule is Cc1ccc(-c2cn3ccc(-c4ccccc4)cc3n2)cc1. The van der Waals surface area contributed by atoms with Gasteiger partial charge in [-0.2, -0.15) is 0 Å². The molecule has 0 amide bonds. The van der Waals surface area contributed by atoms with Gasteiger partial charge in [0.2, 0.25) is 0 Å². The van der Waals surface area contributed by atoms with E-state index in [1.807, 2.05) is 6.07 Å². The van der Waals surface area contributed by atoms with Gasteiger partial charge in [-0.15, -0.1) is 0 Å². The molecule has 4 rings (SSSR count). The van der Waals surface area contributed by atoms with E-state index in [0.717, 1.165) is 16.9 Å². The molecule has 0 N–H and O–H groups in total. The first kappa shape index (κ1) is 12.8. The number of hydrogen-bond donors (Lipinski definition) is 0. The number of hydrogen-bond acceptors (Lipinski definition) is 1. The molecule has 0 aliphatic carbocycles. The van der Waals surface area contributed by atoms with Crippen LogP contribution in [-0.4, -0.2) is 9.38 Å². The van der Waals surface area contributed by atoms with Gasteiger partial charge < -0.3 is 4.40 Å². The van der Waals surface area contributed by atoms with Crippen LogP contribution in [0.5, 0.6) is 0 Å². The summed E-state index contributed by atoms with van der Waals surface area (Å²) in [4.78, 5) is 4.76. The Balaban J connectivity index is 1.80. The number of fused-ring (bicyclic) bond motifs is 1. The Kier molecular flexibility index (Phi) is 3.01. The third-order valence-electron chi connectivity index (χ3n) is 3.91. The van der Waals surface area contributed by atoms with E-state index in [-0.39, 0.29) is 0 Å². The molecule has 0 radical (unpaired) electrons. The molecule has 0 aliphatic heterocycles. The Hall–Kier alpha value is -2.87. The van der Waals surface area contributed by atoms with Crippen molar-refractivity contribution in [1.29, 1.82) is 0 Å². The van der Waals surface area contributed by atoms with Gasteiger partial charge >= 0.3 is 0 Å². The molecule has 0 bridgehead atoms. The maximum atomic E-state index is 4.76. The predicted molar refractivity (Wildman–Crippen MR) is 90.8 cm³/mol. The topological polar surface area (TPSA) is 17.3 Å². The lowest BCUT2D eigenvalue weighted by Crippen LogP contribution is -1.84. The summed E-state index contributed by atoms with van der Waals surface area (Å²) in [6, 6.07) is 23.1. The standard InChI is InChI=1S/C20H16N2/c1-15-7-9-17(10-8-15)19-14-22-12-11-18(13-20(22)21-19)16-5-3-2-4-6-16/h2-14H,1H3. The second-order valence-electron chi connectivity index (χ2n) is 5.54. The van der Waals surface area contributed by atoms with Gasteiger partial charge in [0, 0.05) is 18.0 Å². The quantitative estimate of drug-likeness (QED) is 0.507. The highest BCUT2D eigenvalue weighted by atomic mass is 15.0. The van der Waals surface area contributed by atoms with Crippen molar-refractivity contribution >= 4 is 5.65 Å². The van der Waals surface area contributed by atoms with Gasteiger partial charge in [0.25, 0.3) is 0 Å². The summed E-state index contributed by atoms with van der Waals surface area (Å²) >= 11 is 0. The molecule has 2 aromatic heterocycles. The summed E-state index contributed by atoms with van der Waals surface area (Å²) in [6.07, 6.45) is 4.15. The molecule has 22 heavy (non-hydrogen) atoms. The van der Waals surface area contributed by atoms with E-state index in [0.29, 0.717) is 0 Å². The molecule has 0 spiro atoms. The van der Waals surface area contributed by atoms with Crippen LogP contribution in [0.15, 0.2) is 79.1 Å². The summed E-state index contributed by atoms with van der Waals surface area (Å²) in [5, 5.41) is 0. The summed E-state index contributed by atoms with van der Waals surface area (Å²) in [5.74, 6) is 0. The molecule has 2 nitrogen and oxygen atoms in total. The maximum absolute atomic E-state index is 4.76. The highest BCUT2D eigenvalue weighted by Gasteiger charge is 2.05. The summed E-state index contributed by atoms with van der Waals surface area (Å²) < 4.78 is 2.07. The van der Waals surface area contributed by atoms with Gasteiger partial charge in [0.15, 0.2) is 0 Å². The van der Waals surface area contributed by atoms with Crippen LogP contribution in [0.3, 0.4) is 0 Å². The highest BCUT2D eigenvalue weighted by molar-refractivity contribution is 5.70. The molecular formula is C20H16N2. The molecular weight excluding hydrogens is 268 g/mol. The lowest BCUT2D eigenvalue weighted by Gasteiger charge is -2.01. The third-order valence-corrected chi connectivity index (χ3v) is 3.91. The van der Waals surface area contributed by atoms with Gasteiger partial charge in [0.05, 0.1) is 5.69 Å². The number of aryl methyl sites for hydroxylation is 1. The predicted octanol–water partition coefficient (Wildman–Crippen LogP) is 4.98. The number of rotatable bonds is 2. The molecule has 0 fully saturated rings. The lowest BCUT2D eigenvalue weighted by molar-refractivity contribution is 1.19. The summed E-state index contributed by atoms with van der Waals surface area (Å²) in [5.41, 5.74) is 6.79. The summed E-state index contributed by atoms with van der Waals surface area (Å²) in [6.45, 7) is 2.10. The number of imidazole rings is 1. The van der Waals surface area contributed by atoms with Crippen LogP contribution in [-0.2, 0) is 0 Å². The molecule has 0 saturated heterocycles. The van der Waals surface area contributed by atoms with Crippen molar-refractivity contribution in [2.24, 2.45) is 0 Å². The van der Waals surface area contributed by atoms with Crippen LogP contribution in [0.2, 0.25) is 0 Å². The first-order valence-electron chi connectivity index (χ1n) is 7.41. The van der Waals surface area contributed by atoms with Gasteiger partial charge in [-0.25, -0.2) is 4.98 Å². The fourth-order valence-corrected chi connectivity index (χ4v) is 2.66. The Morgan fingerprint density at radius 3 is 2.32 bits per heavy atom. The average Bonchev–Trinajstić information content (AvgIpc) is 2.99. The van der Waals surface area contributed by atoms with Crippen LogP contribution >= 0.6 is 0 Å². The summed E-state index contributed by atoms with van der Waals surface area (Å²) in [7, 11) is 0. The van der Waals surface area contributed by atoms with E-state index < -0.39 is 0 Å². The van der Waals surface area contributed by atoms with Gasteiger partial charge in [0.1, 0.15) is 5.65 Å². The Bertz CT molecular complexity index is 919. The number of aromatic nitrogens is 2. The molecule has 2 heterocycles. The number of nitrogens with zero attached hydrogens (tertiary/aromatic N) is 2. The molecule has 106 valence electrons. The second-order valence-corrected chi connectivity index (χ2v) is 5.54. The third kappa shape index (κ3) is 2.29. The van der Waals surface area contributed by atoms with E-state index in [2.05, 4.69) is 84.4 Å². The first-order valence-corrected chi connectivity index (χ1v) is 7.41. The van der Waals surface area contributed by atoms with Crippen molar-refractivity contribution in [1.82, 2.24) is 9.38 Å². The Morgan fingerprint density at radius 1 is 0.773 bits per heavy atom. The largest absolute Gasteiger partial charge is 0.306 e. The van der Waals surface area contributed by atoms with Crippen LogP contribution < -0.4 is 0 Å². The smallest absolute Gasteiger partial charge is 0.138 e. The average molecular weight is 284 g/mol. The van der Waals surface area contributed by atoms with Crippen molar-refractivity contribution < 1.29 is 0 Å². The van der Waals surface area contributed by atoms with E-state index in [4.69, 9.17) is 4.98 Å². The first-order chi connectivity index (χ1) is 10.8. The van der Waals surface area contributed by atoms with Crippen LogP contribution in [0.25, 0.3) is 28.0 Å². The van der Waals surface area contributed by atoms with E-state index >= 15 is 0 Å². The van der Waals surface area contributed by atoms with Gasteiger partial charge in [-0.3, -0.25) is 0 Å². The molecule has 2 heteroatoms. The van der Waals surface area contributed by atoms with Crippen molar-refractivity contribution in [2.75, 3.05) is 0 Å². The zero-order chi connectivity index (χ0) is 14.9. The normalized spacial score (nSPS) is 11.0. The molecule has 2 aromatic carbocycles.